The van der Waals surface area contributed by atoms with Crippen molar-refractivity contribution < 1.29 is 9.53 Å². The van der Waals surface area contributed by atoms with Gasteiger partial charge >= 0.3 is 11.3 Å². The molecule has 1 amide bonds. The van der Waals surface area contributed by atoms with Crippen molar-refractivity contribution in [3.05, 3.63) is 34.2 Å². The molecule has 2 rings (SSSR count). The van der Waals surface area contributed by atoms with E-state index in [0.717, 1.165) is 11.3 Å². The molecule has 0 atom stereocenters. The summed E-state index contributed by atoms with van der Waals surface area (Å²) in [5, 5.41) is 10.0. The van der Waals surface area contributed by atoms with Crippen molar-refractivity contribution in [3.8, 4) is 5.19 Å². The number of ether oxygens (including phenoxy) is 1. The number of aromatic nitrogens is 2. The molecule has 1 N–H and O–H groups in total. The van der Waals surface area contributed by atoms with E-state index >= 15 is 0 Å². The number of nitrogens with zero attached hydrogens (tertiary/aromatic N) is 2. The monoisotopic (exact) mass is 299 g/mol. The third kappa shape index (κ3) is 3.01. The quantitative estimate of drug-likeness (QED) is 0.926. The Balaban J connectivity index is 1.95. The highest BCUT2D eigenvalue weighted by atomic mass is 79.9. The largest absolute Gasteiger partial charge is 0.419 e. The van der Waals surface area contributed by atoms with Gasteiger partial charge in [-0.25, -0.2) is 4.79 Å². The van der Waals surface area contributed by atoms with Crippen LogP contribution in [0.1, 0.15) is 0 Å². The van der Waals surface area contributed by atoms with Crippen LogP contribution < -0.4 is 10.1 Å². The summed E-state index contributed by atoms with van der Waals surface area (Å²) >= 11 is 4.26. The van der Waals surface area contributed by atoms with Crippen molar-refractivity contribution in [1.82, 2.24) is 10.2 Å². The number of anilines is 1. The van der Waals surface area contributed by atoms with Gasteiger partial charge < -0.3 is 4.74 Å². The van der Waals surface area contributed by atoms with Crippen molar-refractivity contribution in [2.24, 2.45) is 0 Å². The zero-order valence-corrected chi connectivity index (χ0v) is 10.3. The molecule has 0 spiro atoms. The molecule has 5 nitrogen and oxygen atoms in total. The lowest BCUT2D eigenvalue weighted by atomic mass is 10.3. The molecule has 82 valence electrons. The van der Waals surface area contributed by atoms with E-state index in [0.29, 0.717) is 9.60 Å². The van der Waals surface area contributed by atoms with Gasteiger partial charge in [-0.1, -0.05) is 23.3 Å². The molecule has 0 saturated carbocycles. The smallest absolute Gasteiger partial charge is 0.380 e. The van der Waals surface area contributed by atoms with Crippen LogP contribution in [0.2, 0.25) is 0 Å². The van der Waals surface area contributed by atoms with E-state index in [4.69, 9.17) is 4.74 Å². The Bertz CT molecular complexity index is 489. The number of benzene rings is 1. The van der Waals surface area contributed by atoms with E-state index < -0.39 is 6.09 Å². The molecule has 0 unspecified atom stereocenters. The van der Waals surface area contributed by atoms with Gasteiger partial charge in [-0.3, -0.25) is 5.32 Å². The fraction of sp³-hybridized carbons (Fsp3) is 0. The predicted molar refractivity (Wildman–Crippen MR) is 63.7 cm³/mol. The SMILES string of the molecule is O=C(Nc1ccccc1)Oc1nnc(Br)s1. The summed E-state index contributed by atoms with van der Waals surface area (Å²) < 4.78 is 5.47. The molecule has 16 heavy (non-hydrogen) atoms. The molecule has 0 saturated heterocycles. The minimum absolute atomic E-state index is 0.195. The third-order valence-electron chi connectivity index (χ3n) is 1.58. The minimum Gasteiger partial charge on any atom is -0.380 e. The van der Waals surface area contributed by atoms with Crippen molar-refractivity contribution in [2.75, 3.05) is 5.32 Å². The molecule has 2 aromatic rings. The highest BCUT2D eigenvalue weighted by Gasteiger charge is 2.08. The number of nitrogens with one attached hydrogen (secondary N) is 1. The van der Waals surface area contributed by atoms with Crippen LogP contribution in [0.25, 0.3) is 0 Å². The zero-order valence-electron chi connectivity index (χ0n) is 7.88. The molecule has 0 aliphatic heterocycles. The summed E-state index contributed by atoms with van der Waals surface area (Å²) in [7, 11) is 0. The summed E-state index contributed by atoms with van der Waals surface area (Å²) in [4.78, 5) is 11.4. The van der Waals surface area contributed by atoms with Crippen LogP contribution in [0.15, 0.2) is 34.2 Å². The van der Waals surface area contributed by atoms with Gasteiger partial charge in [0, 0.05) is 5.69 Å². The van der Waals surface area contributed by atoms with E-state index in [1.165, 1.54) is 0 Å². The van der Waals surface area contributed by atoms with Gasteiger partial charge in [0.1, 0.15) is 0 Å². The van der Waals surface area contributed by atoms with Crippen LogP contribution in [-0.4, -0.2) is 16.3 Å². The van der Waals surface area contributed by atoms with E-state index in [-0.39, 0.29) is 5.19 Å². The summed E-state index contributed by atoms with van der Waals surface area (Å²) in [6, 6.07) is 9.02. The number of halogens is 1. The number of amides is 1. The molecule has 1 aromatic carbocycles. The third-order valence-corrected chi connectivity index (χ3v) is 2.82. The molecule has 7 heteroatoms. The highest BCUT2D eigenvalue weighted by molar-refractivity contribution is 9.11. The van der Waals surface area contributed by atoms with Crippen LogP contribution in [0.3, 0.4) is 0 Å². The first-order chi connectivity index (χ1) is 7.74. The van der Waals surface area contributed by atoms with Crippen LogP contribution in [0.5, 0.6) is 5.19 Å². The maximum Gasteiger partial charge on any atom is 0.419 e. The first kappa shape index (κ1) is 11.0. The van der Waals surface area contributed by atoms with Crippen molar-refractivity contribution in [2.45, 2.75) is 0 Å². The average molecular weight is 300 g/mol. The van der Waals surface area contributed by atoms with Gasteiger partial charge in [-0.2, -0.15) is 0 Å². The Morgan fingerprint density at radius 3 is 2.69 bits per heavy atom. The lowest BCUT2D eigenvalue weighted by Crippen LogP contribution is -2.16. The molecule has 0 aliphatic carbocycles. The second-order valence-corrected chi connectivity index (χ2v) is 4.92. The summed E-state index contributed by atoms with van der Waals surface area (Å²) in [5.41, 5.74) is 0.663. The molecular weight excluding hydrogens is 294 g/mol. The molecular formula is C9H6BrN3O2S. The summed E-state index contributed by atoms with van der Waals surface area (Å²) in [6.45, 7) is 0. The first-order valence-corrected chi connectivity index (χ1v) is 5.88. The average Bonchev–Trinajstić information content (AvgIpc) is 2.65. The predicted octanol–water partition coefficient (Wildman–Crippen LogP) is 2.91. The Labute approximate surface area is 104 Å². The van der Waals surface area contributed by atoms with Crippen LogP contribution in [-0.2, 0) is 0 Å². The normalized spacial score (nSPS) is 9.81. The van der Waals surface area contributed by atoms with Gasteiger partial charge in [-0.15, -0.1) is 5.10 Å². The van der Waals surface area contributed by atoms with Crippen molar-refractivity contribution >= 4 is 39.0 Å². The van der Waals surface area contributed by atoms with E-state index in [1.54, 1.807) is 12.1 Å². The highest BCUT2D eigenvalue weighted by Crippen LogP contribution is 2.22. The van der Waals surface area contributed by atoms with Gasteiger partial charge in [0.05, 0.1) is 0 Å². The topological polar surface area (TPSA) is 64.1 Å². The molecule has 1 aromatic heterocycles. The van der Waals surface area contributed by atoms with Gasteiger partial charge in [-0.05, 0) is 39.4 Å². The van der Waals surface area contributed by atoms with E-state index in [1.807, 2.05) is 18.2 Å². The first-order valence-electron chi connectivity index (χ1n) is 4.27. The van der Waals surface area contributed by atoms with E-state index in [2.05, 4.69) is 31.4 Å². The van der Waals surface area contributed by atoms with E-state index in [9.17, 15) is 4.79 Å². The molecule has 0 radical (unpaired) electrons. The number of carbonyl (C=O) groups is 1. The number of rotatable bonds is 2. The lowest BCUT2D eigenvalue weighted by Gasteiger charge is -2.02. The molecule has 0 aliphatic rings. The maximum atomic E-state index is 11.4. The van der Waals surface area contributed by atoms with Crippen LogP contribution in [0.4, 0.5) is 10.5 Å². The summed E-state index contributed by atoms with van der Waals surface area (Å²) in [6.07, 6.45) is -0.588. The maximum absolute atomic E-state index is 11.4. The molecule has 0 bridgehead atoms. The molecule has 1 heterocycles. The van der Waals surface area contributed by atoms with Crippen LogP contribution >= 0.6 is 27.3 Å². The number of hydrogen-bond acceptors (Lipinski definition) is 5. The number of carbonyl (C=O) groups excluding carboxylic acids is 1. The molecule has 0 fully saturated rings. The van der Waals surface area contributed by atoms with Crippen molar-refractivity contribution in [3.63, 3.8) is 0 Å². The zero-order chi connectivity index (χ0) is 11.4. The summed E-state index contributed by atoms with van der Waals surface area (Å²) in [5.74, 6) is 0. The van der Waals surface area contributed by atoms with Gasteiger partial charge in [0.25, 0.3) is 0 Å². The standard InChI is InChI=1S/C9H6BrN3O2S/c10-7-12-13-9(16-7)15-8(14)11-6-4-2-1-3-5-6/h1-5H,(H,11,14). The Hall–Kier alpha value is -1.47. The number of hydrogen-bond donors (Lipinski definition) is 1. The Kier molecular flexibility index (Phi) is 3.47. The minimum atomic E-state index is -0.588. The van der Waals surface area contributed by atoms with Crippen molar-refractivity contribution in [1.29, 1.82) is 0 Å². The lowest BCUT2D eigenvalue weighted by molar-refractivity contribution is 0.214. The second-order valence-electron chi connectivity index (χ2n) is 2.70. The fourth-order valence-corrected chi connectivity index (χ4v) is 1.90. The number of para-hydroxylation sites is 1. The van der Waals surface area contributed by atoms with Crippen LogP contribution in [0, 0.1) is 0 Å². The van der Waals surface area contributed by atoms with Gasteiger partial charge in [0.2, 0.25) is 0 Å². The Morgan fingerprint density at radius 1 is 1.31 bits per heavy atom. The fourth-order valence-electron chi connectivity index (χ4n) is 0.978. The Morgan fingerprint density at radius 2 is 2.06 bits per heavy atom. The van der Waals surface area contributed by atoms with Gasteiger partial charge in [0.15, 0.2) is 3.92 Å². The second kappa shape index (κ2) is 5.04.